The molecule has 0 spiro atoms. The van der Waals surface area contributed by atoms with Crippen LogP contribution >= 0.6 is 0 Å². The van der Waals surface area contributed by atoms with E-state index in [1.54, 1.807) is 31.7 Å². The lowest BCUT2D eigenvalue weighted by molar-refractivity contribution is -0.143. The molecule has 0 aliphatic heterocycles. The van der Waals surface area contributed by atoms with Gasteiger partial charge in [0.25, 0.3) is 0 Å². The Kier molecular flexibility index (Phi) is 14.8. The first kappa shape index (κ1) is 33.2. The minimum atomic E-state index is -0.839. The molecule has 1 aromatic carbocycles. The van der Waals surface area contributed by atoms with Crippen molar-refractivity contribution in [3.05, 3.63) is 42.0 Å². The van der Waals surface area contributed by atoms with Crippen molar-refractivity contribution in [1.29, 1.82) is 0 Å². The lowest BCUT2D eigenvalue weighted by Crippen LogP contribution is -2.55. The van der Waals surface area contributed by atoms with E-state index in [-0.39, 0.29) is 17.7 Å². The third-order valence-electron chi connectivity index (χ3n) is 6.24. The molecule has 0 heterocycles. The molecule has 0 aliphatic rings. The minimum absolute atomic E-state index is 0.207. The van der Waals surface area contributed by atoms with E-state index in [2.05, 4.69) is 31.1 Å². The van der Waals surface area contributed by atoms with Gasteiger partial charge < -0.3 is 20.3 Å². The average molecular weight is 530 g/mol. The van der Waals surface area contributed by atoms with Crippen LogP contribution in [0.1, 0.15) is 111 Å². The van der Waals surface area contributed by atoms with E-state index in [1.165, 1.54) is 0 Å². The summed E-state index contributed by atoms with van der Waals surface area (Å²) < 4.78 is 5.45. The Hall–Kier alpha value is -2.83. The second-order valence-corrected chi connectivity index (χ2v) is 11.2. The van der Waals surface area contributed by atoms with Gasteiger partial charge in [0, 0.05) is 13.1 Å². The first-order valence-electron chi connectivity index (χ1n) is 14.2. The number of hydrogen-bond donors (Lipinski definition) is 2. The van der Waals surface area contributed by atoms with Crippen molar-refractivity contribution < 1.29 is 19.1 Å². The van der Waals surface area contributed by atoms with Crippen molar-refractivity contribution >= 4 is 24.0 Å². The molecule has 3 amide bonds. The molecule has 1 rings (SSSR count). The lowest BCUT2D eigenvalue weighted by atomic mass is 9.97. The van der Waals surface area contributed by atoms with Crippen LogP contribution in [-0.2, 0) is 14.3 Å². The number of ether oxygens (including phenoxy) is 1. The van der Waals surface area contributed by atoms with Gasteiger partial charge in [-0.1, -0.05) is 90.7 Å². The van der Waals surface area contributed by atoms with Crippen LogP contribution in [-0.4, -0.2) is 47.5 Å². The Morgan fingerprint density at radius 2 is 1.68 bits per heavy atom. The molecule has 0 aromatic heterocycles. The fraction of sp³-hybridized carbons (Fsp3) is 0.645. The van der Waals surface area contributed by atoms with Gasteiger partial charge in [-0.15, -0.1) is 0 Å². The number of unbranched alkanes of at least 4 members (excludes halogenated alkanes) is 5. The van der Waals surface area contributed by atoms with Crippen molar-refractivity contribution in [3.63, 3.8) is 0 Å². The van der Waals surface area contributed by atoms with E-state index >= 15 is 0 Å². The van der Waals surface area contributed by atoms with E-state index in [0.29, 0.717) is 13.1 Å². The second-order valence-electron chi connectivity index (χ2n) is 11.2. The largest absolute Gasteiger partial charge is 0.444 e. The van der Waals surface area contributed by atoms with Crippen molar-refractivity contribution in [2.45, 2.75) is 111 Å². The Balaban J connectivity index is 3.45. The molecule has 7 nitrogen and oxygen atoms in total. The third kappa shape index (κ3) is 11.7. The van der Waals surface area contributed by atoms with Gasteiger partial charge in [-0.25, -0.2) is 4.79 Å². The van der Waals surface area contributed by atoms with Crippen LogP contribution in [0.2, 0.25) is 0 Å². The summed E-state index contributed by atoms with van der Waals surface area (Å²) in [5.74, 6) is -0.716. The van der Waals surface area contributed by atoms with Crippen LogP contribution in [0.4, 0.5) is 4.79 Å². The number of rotatable bonds is 16. The highest BCUT2D eigenvalue weighted by molar-refractivity contribution is 5.92. The van der Waals surface area contributed by atoms with Gasteiger partial charge in [-0.2, -0.15) is 0 Å². The molecule has 0 bridgehead atoms. The van der Waals surface area contributed by atoms with Crippen molar-refractivity contribution in [1.82, 2.24) is 15.5 Å². The Bertz CT molecular complexity index is 891. The minimum Gasteiger partial charge on any atom is -0.444 e. The number of carbonyl (C=O) groups excluding carboxylic acids is 3. The average Bonchev–Trinajstić information content (AvgIpc) is 2.85. The third-order valence-corrected chi connectivity index (χ3v) is 6.24. The highest BCUT2D eigenvalue weighted by Crippen LogP contribution is 2.26. The van der Waals surface area contributed by atoms with Crippen LogP contribution in [0.15, 0.2) is 30.8 Å². The number of nitrogens with zero attached hydrogens (tertiary/aromatic N) is 1. The smallest absolute Gasteiger partial charge is 0.408 e. The van der Waals surface area contributed by atoms with E-state index in [1.807, 2.05) is 38.1 Å². The maximum atomic E-state index is 14.2. The second kappa shape index (κ2) is 16.9. The maximum Gasteiger partial charge on any atom is 0.408 e. The summed E-state index contributed by atoms with van der Waals surface area (Å²) in [4.78, 5) is 42.2. The topological polar surface area (TPSA) is 87.7 Å². The molecule has 1 aromatic rings. The fourth-order valence-corrected chi connectivity index (χ4v) is 4.21. The van der Waals surface area contributed by atoms with Gasteiger partial charge in [-0.05, 0) is 56.7 Å². The zero-order valence-electron chi connectivity index (χ0n) is 24.8. The van der Waals surface area contributed by atoms with Gasteiger partial charge in [0.05, 0.1) is 0 Å². The maximum absolute atomic E-state index is 14.2. The molecule has 0 saturated heterocycles. The predicted octanol–water partition coefficient (Wildman–Crippen LogP) is 6.64. The van der Waals surface area contributed by atoms with E-state index in [9.17, 15) is 14.4 Å². The van der Waals surface area contributed by atoms with Crippen molar-refractivity contribution in [2.75, 3.05) is 13.1 Å². The monoisotopic (exact) mass is 529 g/mol. The van der Waals surface area contributed by atoms with Crippen LogP contribution in [0.25, 0.3) is 6.08 Å². The van der Waals surface area contributed by atoms with Gasteiger partial charge in [-0.3, -0.25) is 9.59 Å². The van der Waals surface area contributed by atoms with Gasteiger partial charge in [0.1, 0.15) is 17.7 Å². The van der Waals surface area contributed by atoms with Crippen molar-refractivity contribution in [3.8, 4) is 0 Å². The van der Waals surface area contributed by atoms with Crippen LogP contribution in [0, 0.1) is 5.92 Å². The molecule has 7 heteroatoms. The van der Waals surface area contributed by atoms with E-state index in [4.69, 9.17) is 4.74 Å². The van der Waals surface area contributed by atoms with Gasteiger partial charge in [0.2, 0.25) is 11.8 Å². The predicted molar refractivity (Wildman–Crippen MR) is 156 cm³/mol. The number of alkyl carbamates (subject to hydrolysis) is 1. The highest BCUT2D eigenvalue weighted by Gasteiger charge is 2.37. The Morgan fingerprint density at radius 1 is 1.03 bits per heavy atom. The first-order chi connectivity index (χ1) is 17.9. The summed E-state index contributed by atoms with van der Waals surface area (Å²) >= 11 is 0. The molecule has 214 valence electrons. The summed E-state index contributed by atoms with van der Waals surface area (Å²) in [6, 6.07) is 5.91. The fourth-order valence-electron chi connectivity index (χ4n) is 4.21. The molecule has 0 saturated carbocycles. The van der Waals surface area contributed by atoms with Gasteiger partial charge in [0.15, 0.2) is 0 Å². The van der Waals surface area contributed by atoms with Crippen LogP contribution < -0.4 is 10.6 Å². The van der Waals surface area contributed by atoms with E-state index in [0.717, 1.165) is 56.1 Å². The molecular weight excluding hydrogens is 478 g/mol. The molecule has 0 radical (unpaired) electrons. The first-order valence-corrected chi connectivity index (χ1v) is 14.2. The number of nitrogens with one attached hydrogen (secondary N) is 2. The van der Waals surface area contributed by atoms with Gasteiger partial charge >= 0.3 is 6.09 Å². The zero-order chi connectivity index (χ0) is 28.7. The quantitative estimate of drug-likeness (QED) is 0.235. The molecule has 2 atom stereocenters. The normalized spacial score (nSPS) is 12.9. The number of hydrogen-bond acceptors (Lipinski definition) is 4. The summed E-state index contributed by atoms with van der Waals surface area (Å²) in [7, 11) is 0. The zero-order valence-corrected chi connectivity index (χ0v) is 24.8. The molecule has 0 fully saturated rings. The molecular formula is C31H51N3O4. The molecule has 38 heavy (non-hydrogen) atoms. The highest BCUT2D eigenvalue weighted by atomic mass is 16.6. The molecule has 2 unspecified atom stereocenters. The summed E-state index contributed by atoms with van der Waals surface area (Å²) in [6.07, 6.45) is 7.85. The molecule has 0 aliphatic carbocycles. The number of benzene rings is 1. The standard InChI is InChI=1S/C31H51N3O4/c1-9-12-14-16-21-34(29(36)26(23(4)5)33-30(37)38-31(6,7)8)27(28(35)32-20-15-13-10-2)25-19-17-18-24(11-3)22-25/h11,17-19,22-23,26-27H,3,9-10,12-16,20-21H2,1-2,4-8H3,(H,32,35)(H,33,37). The summed E-state index contributed by atoms with van der Waals surface area (Å²) in [5.41, 5.74) is 0.900. The number of carbonyl (C=O) groups is 3. The van der Waals surface area contributed by atoms with Crippen LogP contribution in [0.5, 0.6) is 0 Å². The van der Waals surface area contributed by atoms with E-state index < -0.39 is 23.8 Å². The summed E-state index contributed by atoms with van der Waals surface area (Å²) in [6.45, 7) is 18.2. The Morgan fingerprint density at radius 3 is 2.26 bits per heavy atom. The summed E-state index contributed by atoms with van der Waals surface area (Å²) in [5, 5.41) is 5.84. The lowest BCUT2D eigenvalue weighted by Gasteiger charge is -2.36. The SMILES string of the molecule is C=Cc1cccc(C(C(=O)NCCCCC)N(CCCCCC)C(=O)C(NC(=O)OC(C)(C)C)C(C)C)c1. The molecule has 2 N–H and O–H groups in total. The van der Waals surface area contributed by atoms with Crippen molar-refractivity contribution in [2.24, 2.45) is 5.92 Å². The Labute approximate surface area is 230 Å². The van der Waals surface area contributed by atoms with Crippen LogP contribution in [0.3, 0.4) is 0 Å². The number of amides is 3.